The summed E-state index contributed by atoms with van der Waals surface area (Å²) in [5, 5.41) is 3.06. The Morgan fingerprint density at radius 3 is 2.55 bits per heavy atom. The first kappa shape index (κ1) is 18.1. The third-order valence-electron chi connectivity index (χ3n) is 2.89. The molecule has 0 fully saturated rings. The molecule has 0 aromatic heterocycles. The zero-order chi connectivity index (χ0) is 16.0. The molecule has 1 aromatic rings. The van der Waals surface area contributed by atoms with Crippen LogP contribution in [0.5, 0.6) is 11.5 Å². The third-order valence-corrected chi connectivity index (χ3v) is 2.89. The van der Waals surface area contributed by atoms with Gasteiger partial charge in [-0.2, -0.15) is 0 Å². The summed E-state index contributed by atoms with van der Waals surface area (Å²) in [5.41, 5.74) is 5.76. The first-order chi connectivity index (χ1) is 10.8. The van der Waals surface area contributed by atoms with Gasteiger partial charge in [0.1, 0.15) is 11.5 Å². The molecule has 22 heavy (non-hydrogen) atoms. The van der Waals surface area contributed by atoms with E-state index in [4.69, 9.17) is 19.9 Å². The molecule has 0 unspecified atom stereocenters. The quantitative estimate of drug-likeness (QED) is 0.370. The van der Waals surface area contributed by atoms with Crippen molar-refractivity contribution >= 4 is 5.96 Å². The average Bonchev–Trinajstić information content (AvgIpc) is 2.55. The first-order valence-electron chi connectivity index (χ1n) is 7.64. The van der Waals surface area contributed by atoms with Gasteiger partial charge in [-0.3, -0.25) is 4.99 Å². The molecule has 0 bridgehead atoms. The van der Waals surface area contributed by atoms with Crippen molar-refractivity contribution in [1.29, 1.82) is 0 Å². The topological polar surface area (TPSA) is 78.1 Å². The van der Waals surface area contributed by atoms with Crippen molar-refractivity contribution in [2.24, 2.45) is 10.7 Å². The fourth-order valence-corrected chi connectivity index (χ4v) is 1.72. The van der Waals surface area contributed by atoms with Gasteiger partial charge in [-0.05, 0) is 37.6 Å². The van der Waals surface area contributed by atoms with Gasteiger partial charge in [0.2, 0.25) is 0 Å². The van der Waals surface area contributed by atoms with Crippen molar-refractivity contribution in [3.8, 4) is 11.5 Å². The molecule has 0 spiro atoms. The molecule has 0 saturated heterocycles. The maximum Gasteiger partial charge on any atom is 0.188 e. The van der Waals surface area contributed by atoms with E-state index in [-0.39, 0.29) is 0 Å². The highest BCUT2D eigenvalue weighted by atomic mass is 16.5. The van der Waals surface area contributed by atoms with Crippen molar-refractivity contribution in [2.75, 3.05) is 40.0 Å². The van der Waals surface area contributed by atoms with Gasteiger partial charge in [0.25, 0.3) is 0 Å². The van der Waals surface area contributed by atoms with E-state index in [9.17, 15) is 0 Å². The van der Waals surface area contributed by atoms with Crippen molar-refractivity contribution in [2.45, 2.75) is 19.8 Å². The van der Waals surface area contributed by atoms with Gasteiger partial charge in [0, 0.05) is 32.7 Å². The van der Waals surface area contributed by atoms with Gasteiger partial charge in [-0.15, -0.1) is 0 Å². The number of hydrogen-bond acceptors (Lipinski definition) is 4. The Morgan fingerprint density at radius 2 is 1.86 bits per heavy atom. The Kier molecular flexibility index (Phi) is 9.61. The number of nitrogens with one attached hydrogen (secondary N) is 1. The number of rotatable bonds is 11. The minimum atomic E-state index is 0.473. The Balaban J connectivity index is 2.06. The summed E-state index contributed by atoms with van der Waals surface area (Å²) in [6.45, 7) is 5.49. The molecular weight excluding hydrogens is 282 g/mol. The number of guanidine groups is 1. The second kappa shape index (κ2) is 11.7. The molecule has 3 N–H and O–H groups in total. The SMILES string of the molecule is CCOCCCNC(N)=NCCCOc1ccc(OC)cc1. The summed E-state index contributed by atoms with van der Waals surface area (Å²) in [6.07, 6.45) is 1.73. The van der Waals surface area contributed by atoms with Gasteiger partial charge in [-0.25, -0.2) is 0 Å². The minimum absolute atomic E-state index is 0.473. The van der Waals surface area contributed by atoms with E-state index in [2.05, 4.69) is 10.3 Å². The number of nitrogens with two attached hydrogens (primary N) is 1. The monoisotopic (exact) mass is 309 g/mol. The van der Waals surface area contributed by atoms with Crippen molar-refractivity contribution in [1.82, 2.24) is 5.32 Å². The van der Waals surface area contributed by atoms with Gasteiger partial charge in [0.05, 0.1) is 13.7 Å². The number of hydrogen-bond donors (Lipinski definition) is 2. The summed E-state index contributed by atoms with van der Waals surface area (Å²) in [5.74, 6) is 2.12. The predicted molar refractivity (Wildman–Crippen MR) is 88.7 cm³/mol. The van der Waals surface area contributed by atoms with E-state index in [0.717, 1.165) is 44.1 Å². The molecule has 0 aliphatic rings. The molecule has 0 aliphatic carbocycles. The first-order valence-corrected chi connectivity index (χ1v) is 7.64. The van der Waals surface area contributed by atoms with E-state index >= 15 is 0 Å². The molecule has 0 atom stereocenters. The lowest BCUT2D eigenvalue weighted by Crippen LogP contribution is -2.33. The van der Waals surface area contributed by atoms with Crippen LogP contribution in [0.25, 0.3) is 0 Å². The van der Waals surface area contributed by atoms with Crippen LogP contribution in [0.1, 0.15) is 19.8 Å². The van der Waals surface area contributed by atoms with Crippen LogP contribution < -0.4 is 20.5 Å². The highest BCUT2D eigenvalue weighted by Gasteiger charge is 1.96. The molecule has 1 aromatic carbocycles. The molecule has 0 heterocycles. The normalized spacial score (nSPS) is 11.3. The van der Waals surface area contributed by atoms with Crippen LogP contribution in [-0.4, -0.2) is 46.0 Å². The van der Waals surface area contributed by atoms with Crippen LogP contribution >= 0.6 is 0 Å². The highest BCUT2D eigenvalue weighted by Crippen LogP contribution is 2.16. The minimum Gasteiger partial charge on any atom is -0.497 e. The van der Waals surface area contributed by atoms with Crippen molar-refractivity contribution in [3.63, 3.8) is 0 Å². The fourth-order valence-electron chi connectivity index (χ4n) is 1.72. The maximum absolute atomic E-state index is 5.76. The molecule has 6 heteroatoms. The molecular formula is C16H27N3O3. The van der Waals surface area contributed by atoms with Crippen LogP contribution in [0.2, 0.25) is 0 Å². The largest absolute Gasteiger partial charge is 0.497 e. The summed E-state index contributed by atoms with van der Waals surface area (Å²) in [6, 6.07) is 7.52. The second-order valence-corrected chi connectivity index (χ2v) is 4.62. The molecule has 124 valence electrons. The lowest BCUT2D eigenvalue weighted by molar-refractivity contribution is 0.145. The van der Waals surface area contributed by atoms with Crippen molar-refractivity contribution in [3.05, 3.63) is 24.3 Å². The Labute approximate surface area is 132 Å². The van der Waals surface area contributed by atoms with Crippen LogP contribution in [0.3, 0.4) is 0 Å². The fraction of sp³-hybridized carbons (Fsp3) is 0.562. The molecule has 0 saturated carbocycles. The second-order valence-electron chi connectivity index (χ2n) is 4.62. The van der Waals surface area contributed by atoms with Gasteiger partial charge in [0.15, 0.2) is 5.96 Å². The average molecular weight is 309 g/mol. The molecule has 0 aliphatic heterocycles. The van der Waals surface area contributed by atoms with Crippen LogP contribution in [0.15, 0.2) is 29.3 Å². The third kappa shape index (κ3) is 8.36. The summed E-state index contributed by atoms with van der Waals surface area (Å²) >= 11 is 0. The number of aliphatic imine (C=N–C) groups is 1. The van der Waals surface area contributed by atoms with Crippen LogP contribution in [0, 0.1) is 0 Å². The zero-order valence-electron chi connectivity index (χ0n) is 13.5. The smallest absolute Gasteiger partial charge is 0.188 e. The van der Waals surface area contributed by atoms with Crippen LogP contribution in [0.4, 0.5) is 0 Å². The van der Waals surface area contributed by atoms with Gasteiger partial charge < -0.3 is 25.3 Å². The number of ether oxygens (including phenoxy) is 3. The standard InChI is InChI=1S/C16H27N3O3/c1-3-21-12-4-10-18-16(17)19-11-5-13-22-15-8-6-14(20-2)7-9-15/h6-9H,3-5,10-13H2,1-2H3,(H3,17,18,19). The van der Waals surface area contributed by atoms with E-state index in [1.165, 1.54) is 0 Å². The molecule has 0 radical (unpaired) electrons. The molecule has 0 amide bonds. The van der Waals surface area contributed by atoms with E-state index in [1.807, 2.05) is 31.2 Å². The van der Waals surface area contributed by atoms with Gasteiger partial charge in [-0.1, -0.05) is 0 Å². The zero-order valence-corrected chi connectivity index (χ0v) is 13.5. The Morgan fingerprint density at radius 1 is 1.14 bits per heavy atom. The van der Waals surface area contributed by atoms with E-state index in [0.29, 0.717) is 19.1 Å². The lowest BCUT2D eigenvalue weighted by atomic mass is 10.3. The number of methoxy groups -OCH3 is 1. The summed E-state index contributed by atoms with van der Waals surface area (Å²) in [4.78, 5) is 4.24. The van der Waals surface area contributed by atoms with Crippen LogP contribution in [-0.2, 0) is 4.74 Å². The lowest BCUT2D eigenvalue weighted by Gasteiger charge is -2.07. The maximum atomic E-state index is 5.76. The number of nitrogens with zero attached hydrogens (tertiary/aromatic N) is 1. The molecule has 6 nitrogen and oxygen atoms in total. The Bertz CT molecular complexity index is 421. The summed E-state index contributed by atoms with van der Waals surface area (Å²) < 4.78 is 15.9. The number of benzene rings is 1. The predicted octanol–water partition coefficient (Wildman–Crippen LogP) is 1.80. The van der Waals surface area contributed by atoms with Crippen molar-refractivity contribution < 1.29 is 14.2 Å². The molecule has 1 rings (SSSR count). The van der Waals surface area contributed by atoms with Gasteiger partial charge >= 0.3 is 0 Å². The summed E-state index contributed by atoms with van der Waals surface area (Å²) in [7, 11) is 1.64. The van der Waals surface area contributed by atoms with E-state index < -0.39 is 0 Å². The Hall–Kier alpha value is -1.95. The highest BCUT2D eigenvalue weighted by molar-refractivity contribution is 5.77. The van der Waals surface area contributed by atoms with E-state index in [1.54, 1.807) is 7.11 Å².